The molecule has 102 valence electrons. The zero-order chi connectivity index (χ0) is 13.8. The van der Waals surface area contributed by atoms with Crippen molar-refractivity contribution in [3.8, 4) is 0 Å². The molecule has 2 unspecified atom stereocenters. The van der Waals surface area contributed by atoms with Gasteiger partial charge in [-0.15, -0.1) is 0 Å². The summed E-state index contributed by atoms with van der Waals surface area (Å²) >= 11 is 0. The minimum absolute atomic E-state index is 0.292. The molecule has 4 nitrogen and oxygen atoms in total. The summed E-state index contributed by atoms with van der Waals surface area (Å²) < 4.78 is 22.5. The van der Waals surface area contributed by atoms with Gasteiger partial charge in [-0.05, 0) is 37.0 Å². The maximum atomic E-state index is 11.3. The van der Waals surface area contributed by atoms with Crippen molar-refractivity contribution >= 4 is 9.84 Å². The molecular formula is C13H20O4S. The van der Waals surface area contributed by atoms with Gasteiger partial charge in [0.2, 0.25) is 0 Å². The van der Waals surface area contributed by atoms with Crippen molar-refractivity contribution in [2.75, 3.05) is 6.26 Å². The Morgan fingerprint density at radius 2 is 1.67 bits per heavy atom. The molecule has 0 heterocycles. The second-order valence-corrected chi connectivity index (χ2v) is 6.51. The fourth-order valence-electron chi connectivity index (χ4n) is 1.68. The lowest BCUT2D eigenvalue weighted by molar-refractivity contribution is 0.0130. The van der Waals surface area contributed by atoms with E-state index in [1.165, 1.54) is 6.26 Å². The summed E-state index contributed by atoms with van der Waals surface area (Å²) in [6.07, 6.45) is 1.34. The first kappa shape index (κ1) is 15.1. The maximum absolute atomic E-state index is 11.3. The third-order valence-corrected chi connectivity index (χ3v) is 4.07. The van der Waals surface area contributed by atoms with Crippen LogP contribution in [0, 0.1) is 0 Å². The molecule has 2 N–H and O–H groups in total. The summed E-state index contributed by atoms with van der Waals surface area (Å²) in [6.45, 7) is 1.81. The zero-order valence-corrected chi connectivity index (χ0v) is 11.5. The third-order valence-electron chi connectivity index (χ3n) is 2.94. The van der Waals surface area contributed by atoms with Crippen LogP contribution in [0.1, 0.15) is 25.3 Å². The smallest absolute Gasteiger partial charge is 0.175 e. The largest absolute Gasteiger partial charge is 0.390 e. The van der Waals surface area contributed by atoms with Gasteiger partial charge in [0, 0.05) is 6.26 Å². The molecule has 0 bridgehead atoms. The number of hydrogen-bond donors (Lipinski definition) is 2. The highest BCUT2D eigenvalue weighted by molar-refractivity contribution is 7.90. The summed E-state index contributed by atoms with van der Waals surface area (Å²) in [4.78, 5) is 0.292. The summed E-state index contributed by atoms with van der Waals surface area (Å²) in [6, 6.07) is 6.60. The van der Waals surface area contributed by atoms with Crippen LogP contribution in [0.25, 0.3) is 0 Å². The van der Waals surface area contributed by atoms with Crippen LogP contribution < -0.4 is 0 Å². The number of aliphatic hydroxyl groups excluding tert-OH is 2. The first-order chi connectivity index (χ1) is 8.34. The lowest BCUT2D eigenvalue weighted by atomic mass is 10.0. The van der Waals surface area contributed by atoms with E-state index in [1.54, 1.807) is 24.3 Å². The Labute approximate surface area is 108 Å². The molecule has 0 amide bonds. The third kappa shape index (κ3) is 4.40. The molecule has 0 saturated heterocycles. The number of benzene rings is 1. The van der Waals surface area contributed by atoms with Crippen LogP contribution in [0.2, 0.25) is 0 Å². The van der Waals surface area contributed by atoms with Crippen molar-refractivity contribution < 1.29 is 18.6 Å². The highest BCUT2D eigenvalue weighted by Gasteiger charge is 2.14. The van der Waals surface area contributed by atoms with Gasteiger partial charge >= 0.3 is 0 Å². The number of sulfone groups is 1. The Morgan fingerprint density at radius 1 is 1.11 bits per heavy atom. The molecule has 1 aromatic rings. The SMILES string of the molecule is CCC(O)C(O)CCc1ccc(S(C)(=O)=O)cc1. The molecule has 0 aliphatic rings. The Balaban J connectivity index is 2.60. The molecule has 0 radical (unpaired) electrons. The summed E-state index contributed by atoms with van der Waals surface area (Å²) in [5.74, 6) is 0. The average Bonchev–Trinajstić information content (AvgIpc) is 2.34. The second-order valence-electron chi connectivity index (χ2n) is 4.50. The quantitative estimate of drug-likeness (QED) is 0.815. The van der Waals surface area contributed by atoms with Crippen LogP contribution in [-0.4, -0.2) is 37.1 Å². The van der Waals surface area contributed by atoms with Gasteiger partial charge in [-0.3, -0.25) is 0 Å². The molecule has 18 heavy (non-hydrogen) atoms. The van der Waals surface area contributed by atoms with E-state index in [-0.39, 0.29) is 0 Å². The van der Waals surface area contributed by atoms with Crippen molar-refractivity contribution in [1.29, 1.82) is 0 Å². The van der Waals surface area contributed by atoms with E-state index in [0.29, 0.717) is 24.2 Å². The van der Waals surface area contributed by atoms with Crippen molar-refractivity contribution in [1.82, 2.24) is 0 Å². The lowest BCUT2D eigenvalue weighted by Crippen LogP contribution is -2.25. The van der Waals surface area contributed by atoms with Gasteiger partial charge in [-0.25, -0.2) is 8.42 Å². The van der Waals surface area contributed by atoms with Gasteiger partial charge in [0.15, 0.2) is 9.84 Å². The van der Waals surface area contributed by atoms with Crippen molar-refractivity contribution in [3.05, 3.63) is 29.8 Å². The second kappa shape index (κ2) is 6.31. The lowest BCUT2D eigenvalue weighted by Gasteiger charge is -2.15. The molecule has 0 aliphatic heterocycles. The van der Waals surface area contributed by atoms with Crippen LogP contribution in [0.15, 0.2) is 29.2 Å². The van der Waals surface area contributed by atoms with Gasteiger partial charge in [0.25, 0.3) is 0 Å². The van der Waals surface area contributed by atoms with Gasteiger partial charge < -0.3 is 10.2 Å². The highest BCUT2D eigenvalue weighted by atomic mass is 32.2. The van der Waals surface area contributed by atoms with Crippen LogP contribution in [0.5, 0.6) is 0 Å². The van der Waals surface area contributed by atoms with E-state index in [4.69, 9.17) is 0 Å². The fourth-order valence-corrected chi connectivity index (χ4v) is 2.31. The number of hydrogen-bond acceptors (Lipinski definition) is 4. The normalized spacial score (nSPS) is 15.3. The zero-order valence-electron chi connectivity index (χ0n) is 10.7. The van der Waals surface area contributed by atoms with E-state index >= 15 is 0 Å². The topological polar surface area (TPSA) is 74.6 Å². The molecule has 5 heteroatoms. The molecule has 2 atom stereocenters. The van der Waals surface area contributed by atoms with Gasteiger partial charge in [0.1, 0.15) is 0 Å². The minimum Gasteiger partial charge on any atom is -0.390 e. The monoisotopic (exact) mass is 272 g/mol. The van der Waals surface area contributed by atoms with E-state index in [1.807, 2.05) is 6.92 Å². The maximum Gasteiger partial charge on any atom is 0.175 e. The molecule has 1 aromatic carbocycles. The molecule has 0 saturated carbocycles. The molecule has 1 rings (SSSR count). The summed E-state index contributed by atoms with van der Waals surface area (Å²) in [7, 11) is -3.16. The van der Waals surface area contributed by atoms with Crippen LogP contribution in [0.4, 0.5) is 0 Å². The number of aryl methyl sites for hydroxylation is 1. The molecular weight excluding hydrogens is 252 g/mol. The van der Waals surface area contributed by atoms with E-state index in [2.05, 4.69) is 0 Å². The Hall–Kier alpha value is -0.910. The first-order valence-corrected chi connectivity index (χ1v) is 7.89. The predicted molar refractivity (Wildman–Crippen MR) is 70.2 cm³/mol. The van der Waals surface area contributed by atoms with Crippen molar-refractivity contribution in [2.24, 2.45) is 0 Å². The van der Waals surface area contributed by atoms with E-state index in [0.717, 1.165) is 5.56 Å². The van der Waals surface area contributed by atoms with Crippen LogP contribution in [-0.2, 0) is 16.3 Å². The van der Waals surface area contributed by atoms with Crippen molar-refractivity contribution in [2.45, 2.75) is 43.3 Å². The summed E-state index contributed by atoms with van der Waals surface area (Å²) in [5.41, 5.74) is 0.949. The molecule has 0 fully saturated rings. The van der Waals surface area contributed by atoms with Gasteiger partial charge in [-0.1, -0.05) is 19.1 Å². The standard InChI is InChI=1S/C13H20O4S/c1-3-12(14)13(15)9-6-10-4-7-11(8-5-10)18(2,16)17/h4-5,7-8,12-15H,3,6,9H2,1-2H3. The fraction of sp³-hybridized carbons (Fsp3) is 0.538. The van der Waals surface area contributed by atoms with Crippen molar-refractivity contribution in [3.63, 3.8) is 0 Å². The van der Waals surface area contributed by atoms with Crippen LogP contribution in [0.3, 0.4) is 0 Å². The Kier molecular flexibility index (Phi) is 5.31. The Morgan fingerprint density at radius 3 is 2.11 bits per heavy atom. The minimum atomic E-state index is -3.16. The van der Waals surface area contributed by atoms with Gasteiger partial charge in [-0.2, -0.15) is 0 Å². The molecule has 0 aliphatic carbocycles. The molecule has 0 spiro atoms. The van der Waals surface area contributed by atoms with E-state index < -0.39 is 22.0 Å². The number of rotatable bonds is 6. The first-order valence-electron chi connectivity index (χ1n) is 5.99. The average molecular weight is 272 g/mol. The van der Waals surface area contributed by atoms with E-state index in [9.17, 15) is 18.6 Å². The highest BCUT2D eigenvalue weighted by Crippen LogP contribution is 2.13. The Bertz CT molecular complexity index is 464. The van der Waals surface area contributed by atoms with Gasteiger partial charge in [0.05, 0.1) is 17.1 Å². The number of aliphatic hydroxyl groups is 2. The summed E-state index contributed by atoms with van der Waals surface area (Å²) in [5, 5.41) is 19.0. The van der Waals surface area contributed by atoms with Crippen LogP contribution >= 0.6 is 0 Å². The molecule has 0 aromatic heterocycles. The predicted octanol–water partition coefficient (Wildman–Crippen LogP) is 1.15.